The van der Waals surface area contributed by atoms with E-state index in [0.29, 0.717) is 0 Å². The second-order valence-electron chi connectivity index (χ2n) is 4.37. The maximum atomic E-state index is 10.9. The maximum Gasteiger partial charge on any atom is 0.293 e. The molecule has 1 aliphatic heterocycles. The summed E-state index contributed by atoms with van der Waals surface area (Å²) in [7, 11) is 0. The minimum atomic E-state index is -1.42. The lowest BCUT2D eigenvalue weighted by molar-refractivity contribution is -0.384. The minimum absolute atomic E-state index is 0.0899. The van der Waals surface area contributed by atoms with Crippen LogP contribution in [0.25, 0.3) is 0 Å². The fraction of sp³-hybridized carbons (Fsp3) is 0.455. The maximum absolute atomic E-state index is 10.9. The summed E-state index contributed by atoms with van der Waals surface area (Å²) < 4.78 is 5.12. The molecule has 4 atom stereocenters. The Morgan fingerprint density at radius 1 is 1.35 bits per heavy atom. The van der Waals surface area contributed by atoms with E-state index < -0.39 is 29.5 Å². The van der Waals surface area contributed by atoms with E-state index in [1.165, 1.54) is 12.1 Å². The van der Waals surface area contributed by atoms with E-state index in [-0.39, 0.29) is 23.0 Å². The fourth-order valence-electron chi connectivity index (χ4n) is 1.86. The first-order valence-corrected chi connectivity index (χ1v) is 6.14. The Morgan fingerprint density at radius 3 is 2.70 bits per heavy atom. The number of benzene rings is 1. The van der Waals surface area contributed by atoms with Gasteiger partial charge in [-0.15, -0.1) is 0 Å². The molecule has 1 aromatic carbocycles. The molecule has 110 valence electrons. The molecule has 1 aliphatic rings. The molecule has 0 aromatic heterocycles. The Hall–Kier alpha value is -1.45. The Kier molecular flexibility index (Phi) is 4.41. The van der Waals surface area contributed by atoms with Crippen LogP contribution in [0.3, 0.4) is 0 Å². The summed E-state index contributed by atoms with van der Waals surface area (Å²) in [6.07, 6.45) is -5.10. The van der Waals surface area contributed by atoms with Crippen LogP contribution in [-0.2, 0) is 4.74 Å². The van der Waals surface area contributed by atoms with Gasteiger partial charge in [0, 0.05) is 11.1 Å². The molecule has 0 bridgehead atoms. The molecule has 20 heavy (non-hydrogen) atoms. The topological polar surface area (TPSA) is 125 Å². The third-order valence-electron chi connectivity index (χ3n) is 2.96. The molecule has 0 aliphatic carbocycles. The highest BCUT2D eigenvalue weighted by Gasteiger charge is 2.38. The first kappa shape index (κ1) is 14.9. The predicted molar refractivity (Wildman–Crippen MR) is 69.5 cm³/mol. The lowest BCUT2D eigenvalue weighted by Crippen LogP contribution is -2.55. The quantitative estimate of drug-likeness (QED) is 0.461. The van der Waals surface area contributed by atoms with Crippen molar-refractivity contribution in [2.75, 3.05) is 11.9 Å². The van der Waals surface area contributed by atoms with Gasteiger partial charge in [0.25, 0.3) is 5.69 Å². The summed E-state index contributed by atoms with van der Waals surface area (Å²) in [6.45, 7) is -0.197. The lowest BCUT2D eigenvalue weighted by atomic mass is 10.0. The van der Waals surface area contributed by atoms with Gasteiger partial charge >= 0.3 is 0 Å². The van der Waals surface area contributed by atoms with Gasteiger partial charge in [-0.3, -0.25) is 10.1 Å². The van der Waals surface area contributed by atoms with Gasteiger partial charge in [0.2, 0.25) is 0 Å². The summed E-state index contributed by atoms with van der Waals surface area (Å²) in [6, 6.07) is 3.97. The van der Waals surface area contributed by atoms with E-state index in [1.54, 1.807) is 0 Å². The molecule has 0 unspecified atom stereocenters. The Labute approximate surface area is 118 Å². The van der Waals surface area contributed by atoms with E-state index in [0.717, 1.165) is 6.07 Å². The molecule has 1 aromatic rings. The van der Waals surface area contributed by atoms with E-state index >= 15 is 0 Å². The number of hydrogen-bond acceptors (Lipinski definition) is 7. The summed E-state index contributed by atoms with van der Waals surface area (Å²) in [4.78, 5) is 10.3. The Morgan fingerprint density at radius 2 is 2.05 bits per heavy atom. The zero-order chi connectivity index (χ0) is 14.9. The van der Waals surface area contributed by atoms with Crippen LogP contribution in [0.15, 0.2) is 18.2 Å². The van der Waals surface area contributed by atoms with Crippen LogP contribution in [0.2, 0.25) is 5.02 Å². The van der Waals surface area contributed by atoms with Gasteiger partial charge in [0.05, 0.1) is 11.5 Å². The van der Waals surface area contributed by atoms with Crippen LogP contribution in [0.5, 0.6) is 0 Å². The number of anilines is 1. The largest absolute Gasteiger partial charge is 0.388 e. The van der Waals surface area contributed by atoms with Crippen LogP contribution >= 0.6 is 11.6 Å². The number of hydrogen-bond donors (Lipinski definition) is 4. The molecule has 0 amide bonds. The molecule has 0 spiro atoms. The van der Waals surface area contributed by atoms with Crippen molar-refractivity contribution in [1.29, 1.82) is 0 Å². The van der Waals surface area contributed by atoms with Crippen LogP contribution in [0, 0.1) is 10.1 Å². The molecule has 1 heterocycles. The van der Waals surface area contributed by atoms with Crippen LogP contribution in [-0.4, -0.2) is 51.4 Å². The number of aliphatic hydroxyl groups is 3. The van der Waals surface area contributed by atoms with Gasteiger partial charge in [-0.25, -0.2) is 0 Å². The van der Waals surface area contributed by atoms with Crippen LogP contribution < -0.4 is 5.32 Å². The highest BCUT2D eigenvalue weighted by molar-refractivity contribution is 6.30. The molecule has 1 saturated heterocycles. The normalized spacial score (nSPS) is 30.0. The van der Waals surface area contributed by atoms with Crippen molar-refractivity contribution in [2.45, 2.75) is 24.5 Å². The molecule has 9 heteroatoms. The second kappa shape index (κ2) is 5.90. The number of nitro groups is 1. The van der Waals surface area contributed by atoms with E-state index in [4.69, 9.17) is 16.3 Å². The smallest absolute Gasteiger partial charge is 0.293 e. The van der Waals surface area contributed by atoms with Crippen molar-refractivity contribution in [3.05, 3.63) is 33.3 Å². The third kappa shape index (κ3) is 3.00. The zero-order valence-electron chi connectivity index (χ0n) is 10.1. The number of aliphatic hydroxyl groups excluding tert-OH is 3. The van der Waals surface area contributed by atoms with Crippen LogP contribution in [0.1, 0.15) is 0 Å². The summed E-state index contributed by atoms with van der Waals surface area (Å²) >= 11 is 5.69. The average molecular weight is 305 g/mol. The average Bonchev–Trinajstić information content (AvgIpc) is 2.41. The van der Waals surface area contributed by atoms with Gasteiger partial charge in [0.1, 0.15) is 24.0 Å². The highest BCUT2D eigenvalue weighted by Crippen LogP contribution is 2.29. The molecule has 4 N–H and O–H groups in total. The standard InChI is InChI=1S/C11H13ClN2O6/c12-5-1-2-6(7(3-5)14(18)19)13-11-10(17)9(16)8(15)4-20-11/h1-3,8-11,13,15-17H,4H2/t8-,9+,10+,11+/m0/s1. The molecule has 1 fully saturated rings. The number of halogens is 1. The second-order valence-corrected chi connectivity index (χ2v) is 4.80. The SMILES string of the molecule is O=[N+]([O-])c1cc(Cl)ccc1N[C@@H]1OC[C@H](O)[C@@H](O)[C@H]1O. The number of nitrogens with zero attached hydrogens (tertiary/aromatic N) is 1. The van der Waals surface area contributed by atoms with Gasteiger partial charge in [-0.2, -0.15) is 0 Å². The molecule has 0 saturated carbocycles. The van der Waals surface area contributed by atoms with Crippen LogP contribution in [0.4, 0.5) is 11.4 Å². The van der Waals surface area contributed by atoms with Gasteiger partial charge in [-0.05, 0) is 12.1 Å². The summed E-state index contributed by atoms with van der Waals surface area (Å²) in [5.41, 5.74) is -0.194. The monoisotopic (exact) mass is 304 g/mol. The van der Waals surface area contributed by atoms with Crippen molar-refractivity contribution >= 4 is 23.0 Å². The highest BCUT2D eigenvalue weighted by atomic mass is 35.5. The van der Waals surface area contributed by atoms with Crippen molar-refractivity contribution in [3.63, 3.8) is 0 Å². The predicted octanol–water partition coefficient (Wildman–Crippen LogP) is 0.0991. The molecular formula is C11H13ClN2O6. The van der Waals surface area contributed by atoms with Crippen molar-refractivity contribution in [1.82, 2.24) is 0 Å². The fourth-order valence-corrected chi connectivity index (χ4v) is 2.03. The summed E-state index contributed by atoms with van der Waals surface area (Å²) in [5.74, 6) is 0. The molecular weight excluding hydrogens is 292 g/mol. The number of rotatable bonds is 3. The molecule has 8 nitrogen and oxygen atoms in total. The van der Waals surface area contributed by atoms with Crippen molar-refractivity contribution < 1.29 is 25.0 Å². The van der Waals surface area contributed by atoms with Crippen molar-refractivity contribution in [3.8, 4) is 0 Å². The van der Waals surface area contributed by atoms with E-state index in [9.17, 15) is 25.4 Å². The number of nitro benzene ring substituents is 1. The van der Waals surface area contributed by atoms with Gasteiger partial charge < -0.3 is 25.4 Å². The number of ether oxygens (including phenoxy) is 1. The first-order valence-electron chi connectivity index (χ1n) is 5.76. The Balaban J connectivity index is 2.20. The van der Waals surface area contributed by atoms with E-state index in [2.05, 4.69) is 5.32 Å². The minimum Gasteiger partial charge on any atom is -0.388 e. The molecule has 0 radical (unpaired) electrons. The number of nitrogens with one attached hydrogen (secondary N) is 1. The lowest BCUT2D eigenvalue weighted by Gasteiger charge is -2.35. The Bertz CT molecular complexity index is 514. The molecule has 2 rings (SSSR count). The first-order chi connectivity index (χ1) is 9.40. The van der Waals surface area contributed by atoms with Crippen molar-refractivity contribution in [2.24, 2.45) is 0 Å². The van der Waals surface area contributed by atoms with E-state index in [1.807, 2.05) is 0 Å². The van der Waals surface area contributed by atoms with Gasteiger partial charge in [0.15, 0.2) is 6.23 Å². The van der Waals surface area contributed by atoms with Gasteiger partial charge in [-0.1, -0.05) is 11.6 Å². The summed E-state index contributed by atoms with van der Waals surface area (Å²) in [5, 5.41) is 42.4. The zero-order valence-corrected chi connectivity index (χ0v) is 10.9. The third-order valence-corrected chi connectivity index (χ3v) is 3.19.